The van der Waals surface area contributed by atoms with Gasteiger partial charge in [-0.25, -0.2) is 0 Å². The Morgan fingerprint density at radius 1 is 1.56 bits per heavy atom. The van der Waals surface area contributed by atoms with Gasteiger partial charge in [0.2, 0.25) is 0 Å². The van der Waals surface area contributed by atoms with Gasteiger partial charge in [0.05, 0.1) is 11.3 Å². The van der Waals surface area contributed by atoms with E-state index in [1.807, 2.05) is 0 Å². The van der Waals surface area contributed by atoms with Crippen LogP contribution in [-0.4, -0.2) is 27.2 Å². The first-order valence-corrected chi connectivity index (χ1v) is 6.81. The molecule has 100 valence electrons. The normalized spacial score (nSPS) is 30.1. The Morgan fingerprint density at radius 3 is 3.06 bits per heavy atom. The molecule has 1 saturated carbocycles. The van der Waals surface area contributed by atoms with E-state index in [9.17, 15) is 5.11 Å². The first kappa shape index (κ1) is 13.4. The molecular formula is C14H23N3O. The Kier molecular flexibility index (Phi) is 4.30. The summed E-state index contributed by atoms with van der Waals surface area (Å²) < 4.78 is 0. The van der Waals surface area contributed by atoms with Crippen molar-refractivity contribution in [3.8, 4) is 0 Å². The number of aliphatic hydroxyl groups is 1. The van der Waals surface area contributed by atoms with Crippen molar-refractivity contribution in [2.75, 3.05) is 6.54 Å². The summed E-state index contributed by atoms with van der Waals surface area (Å²) in [6.07, 6.45) is 9.30. The molecule has 1 heterocycles. The number of aromatic nitrogens is 2. The lowest BCUT2D eigenvalue weighted by Crippen LogP contribution is -2.44. The fourth-order valence-corrected chi connectivity index (χ4v) is 2.77. The van der Waals surface area contributed by atoms with Crippen molar-refractivity contribution in [1.82, 2.24) is 15.3 Å². The predicted molar refractivity (Wildman–Crippen MR) is 71.0 cm³/mol. The second-order valence-corrected chi connectivity index (χ2v) is 5.66. The van der Waals surface area contributed by atoms with E-state index < -0.39 is 5.60 Å². The number of hydrogen-bond donors (Lipinski definition) is 2. The molecule has 3 unspecified atom stereocenters. The molecule has 4 heteroatoms. The maximum Gasteiger partial charge on any atom is 0.0774 e. The van der Waals surface area contributed by atoms with Crippen LogP contribution in [0.2, 0.25) is 0 Å². The average molecular weight is 249 g/mol. The molecule has 2 rings (SSSR count). The van der Waals surface area contributed by atoms with Gasteiger partial charge in [-0.3, -0.25) is 9.97 Å². The second-order valence-electron chi connectivity index (χ2n) is 5.66. The predicted octanol–water partition coefficient (Wildman–Crippen LogP) is 2.07. The maximum atomic E-state index is 10.5. The van der Waals surface area contributed by atoms with Crippen LogP contribution in [0.1, 0.15) is 51.3 Å². The van der Waals surface area contributed by atoms with Crippen LogP contribution in [0, 0.1) is 5.92 Å². The summed E-state index contributed by atoms with van der Waals surface area (Å²) in [5.41, 5.74) is 0.374. The topological polar surface area (TPSA) is 58.0 Å². The van der Waals surface area contributed by atoms with Crippen LogP contribution in [0.5, 0.6) is 0 Å². The minimum Gasteiger partial charge on any atom is -0.389 e. The number of rotatable bonds is 4. The number of hydrogen-bond acceptors (Lipinski definition) is 4. The van der Waals surface area contributed by atoms with Gasteiger partial charge in [0.25, 0.3) is 0 Å². The summed E-state index contributed by atoms with van der Waals surface area (Å²) in [7, 11) is 0. The highest BCUT2D eigenvalue weighted by Crippen LogP contribution is 2.32. The van der Waals surface area contributed by atoms with Crippen LogP contribution in [0.15, 0.2) is 18.6 Å². The first-order valence-electron chi connectivity index (χ1n) is 6.81. The zero-order chi connectivity index (χ0) is 13.0. The molecule has 1 aliphatic rings. The lowest BCUT2D eigenvalue weighted by Gasteiger charge is -2.36. The molecule has 1 fully saturated rings. The molecule has 1 aromatic rings. The fourth-order valence-electron chi connectivity index (χ4n) is 2.77. The second kappa shape index (κ2) is 5.76. The minimum atomic E-state index is -0.547. The highest BCUT2D eigenvalue weighted by molar-refractivity contribution is 5.01. The minimum absolute atomic E-state index is 0.125. The summed E-state index contributed by atoms with van der Waals surface area (Å²) in [6.45, 7) is 4.91. The molecule has 4 nitrogen and oxygen atoms in total. The Bertz CT molecular complexity index is 371. The van der Waals surface area contributed by atoms with Crippen LogP contribution >= 0.6 is 0 Å². The molecular weight excluding hydrogens is 226 g/mol. The van der Waals surface area contributed by atoms with E-state index in [4.69, 9.17) is 0 Å². The summed E-state index contributed by atoms with van der Waals surface area (Å²) in [5, 5.41) is 13.9. The van der Waals surface area contributed by atoms with E-state index in [0.717, 1.165) is 25.0 Å². The quantitative estimate of drug-likeness (QED) is 0.857. The van der Waals surface area contributed by atoms with Gasteiger partial charge in [0.1, 0.15) is 0 Å². The van der Waals surface area contributed by atoms with Crippen LogP contribution in [0.25, 0.3) is 0 Å². The van der Waals surface area contributed by atoms with Crippen molar-refractivity contribution in [2.45, 2.75) is 51.2 Å². The van der Waals surface area contributed by atoms with Crippen LogP contribution < -0.4 is 5.32 Å². The third-order valence-corrected chi connectivity index (χ3v) is 3.83. The van der Waals surface area contributed by atoms with Crippen LogP contribution in [-0.2, 0) is 0 Å². The third kappa shape index (κ3) is 3.50. The van der Waals surface area contributed by atoms with Gasteiger partial charge >= 0.3 is 0 Å². The molecule has 1 aliphatic carbocycles. The van der Waals surface area contributed by atoms with Crippen molar-refractivity contribution >= 4 is 0 Å². The van der Waals surface area contributed by atoms with Crippen molar-refractivity contribution in [3.05, 3.63) is 24.3 Å². The smallest absolute Gasteiger partial charge is 0.0774 e. The molecule has 0 bridgehead atoms. The molecule has 3 atom stereocenters. The van der Waals surface area contributed by atoms with Gasteiger partial charge < -0.3 is 10.4 Å². The van der Waals surface area contributed by atoms with E-state index >= 15 is 0 Å². The Hall–Kier alpha value is -1.00. The molecule has 0 aromatic carbocycles. The van der Waals surface area contributed by atoms with E-state index in [0.29, 0.717) is 12.5 Å². The average Bonchev–Trinajstić information content (AvgIpc) is 2.37. The van der Waals surface area contributed by atoms with Gasteiger partial charge in [-0.15, -0.1) is 0 Å². The lowest BCUT2D eigenvalue weighted by atomic mass is 9.79. The molecule has 0 saturated heterocycles. The van der Waals surface area contributed by atoms with Crippen molar-refractivity contribution in [1.29, 1.82) is 0 Å². The summed E-state index contributed by atoms with van der Waals surface area (Å²) in [6, 6.07) is 0.125. The van der Waals surface area contributed by atoms with E-state index in [1.54, 1.807) is 18.6 Å². The van der Waals surface area contributed by atoms with Gasteiger partial charge in [-0.05, 0) is 25.7 Å². The van der Waals surface area contributed by atoms with Crippen molar-refractivity contribution in [3.63, 3.8) is 0 Å². The molecule has 0 amide bonds. The third-order valence-electron chi connectivity index (χ3n) is 3.83. The van der Waals surface area contributed by atoms with Crippen molar-refractivity contribution < 1.29 is 5.11 Å². The SMILES string of the molecule is CC1CCCC(O)(CNC(C)c2cnccn2)C1. The Morgan fingerprint density at radius 2 is 2.39 bits per heavy atom. The monoisotopic (exact) mass is 249 g/mol. The van der Waals surface area contributed by atoms with Gasteiger partial charge in [-0.1, -0.05) is 19.8 Å². The highest BCUT2D eigenvalue weighted by atomic mass is 16.3. The molecule has 0 spiro atoms. The largest absolute Gasteiger partial charge is 0.389 e. The summed E-state index contributed by atoms with van der Waals surface area (Å²) in [5.74, 6) is 0.623. The lowest BCUT2D eigenvalue weighted by molar-refractivity contribution is -0.0135. The standard InChI is InChI=1S/C14H23N3O/c1-11-4-3-5-14(18,8-11)10-17-12(2)13-9-15-6-7-16-13/h6-7,9,11-12,17-18H,3-5,8,10H2,1-2H3. The van der Waals surface area contributed by atoms with Crippen LogP contribution in [0.3, 0.4) is 0 Å². The molecule has 2 N–H and O–H groups in total. The number of nitrogens with zero attached hydrogens (tertiary/aromatic N) is 2. The van der Waals surface area contributed by atoms with Gasteiger partial charge in [-0.2, -0.15) is 0 Å². The van der Waals surface area contributed by atoms with Gasteiger partial charge in [0.15, 0.2) is 0 Å². The first-order chi connectivity index (χ1) is 8.59. The Labute approximate surface area is 109 Å². The molecule has 18 heavy (non-hydrogen) atoms. The van der Waals surface area contributed by atoms with Crippen LogP contribution in [0.4, 0.5) is 0 Å². The number of nitrogens with one attached hydrogen (secondary N) is 1. The van der Waals surface area contributed by atoms with E-state index in [1.165, 1.54) is 6.42 Å². The molecule has 0 aliphatic heterocycles. The summed E-state index contributed by atoms with van der Waals surface area (Å²) >= 11 is 0. The zero-order valence-electron chi connectivity index (χ0n) is 11.3. The van der Waals surface area contributed by atoms with E-state index in [-0.39, 0.29) is 6.04 Å². The Balaban J connectivity index is 1.87. The maximum absolute atomic E-state index is 10.5. The summed E-state index contributed by atoms with van der Waals surface area (Å²) in [4.78, 5) is 8.34. The molecule has 0 radical (unpaired) electrons. The van der Waals surface area contributed by atoms with Crippen molar-refractivity contribution in [2.24, 2.45) is 5.92 Å². The molecule has 1 aromatic heterocycles. The highest BCUT2D eigenvalue weighted by Gasteiger charge is 2.32. The zero-order valence-corrected chi connectivity index (χ0v) is 11.3. The van der Waals surface area contributed by atoms with Gasteiger partial charge in [0, 0.05) is 31.2 Å². The fraction of sp³-hybridized carbons (Fsp3) is 0.714. The van der Waals surface area contributed by atoms with E-state index in [2.05, 4.69) is 29.1 Å².